The predicted molar refractivity (Wildman–Crippen MR) is 81.1 cm³/mol. The number of hydrogen-bond donors (Lipinski definition) is 2. The van der Waals surface area contributed by atoms with Crippen LogP contribution in [0.1, 0.15) is 17.2 Å². The molecule has 2 rings (SSSR count). The largest absolute Gasteiger partial charge is 0.484 e. The summed E-state index contributed by atoms with van der Waals surface area (Å²) in [5, 5.41) is 12.1. The SMILES string of the molecule is Cc1ccc(OCC(=O)N[C@H](CO)c2ccccc2)cc1. The van der Waals surface area contributed by atoms with E-state index in [4.69, 9.17) is 4.74 Å². The van der Waals surface area contributed by atoms with Crippen LogP contribution in [0.25, 0.3) is 0 Å². The number of benzene rings is 2. The monoisotopic (exact) mass is 285 g/mol. The maximum Gasteiger partial charge on any atom is 0.258 e. The molecular weight excluding hydrogens is 266 g/mol. The van der Waals surface area contributed by atoms with Crippen molar-refractivity contribution in [2.24, 2.45) is 0 Å². The molecule has 0 fully saturated rings. The lowest BCUT2D eigenvalue weighted by atomic mass is 10.1. The number of aliphatic hydroxyl groups excluding tert-OH is 1. The van der Waals surface area contributed by atoms with Gasteiger partial charge in [-0.3, -0.25) is 4.79 Å². The summed E-state index contributed by atoms with van der Waals surface area (Å²) < 4.78 is 5.41. The molecule has 4 nitrogen and oxygen atoms in total. The van der Waals surface area contributed by atoms with Gasteiger partial charge in [-0.2, -0.15) is 0 Å². The predicted octanol–water partition coefficient (Wildman–Crippen LogP) is 2.22. The van der Waals surface area contributed by atoms with Gasteiger partial charge in [-0.25, -0.2) is 0 Å². The Labute approximate surface area is 124 Å². The molecule has 0 aliphatic rings. The number of hydrogen-bond acceptors (Lipinski definition) is 3. The summed E-state index contributed by atoms with van der Waals surface area (Å²) in [6, 6.07) is 16.4. The maximum atomic E-state index is 11.9. The Hall–Kier alpha value is -2.33. The Morgan fingerprint density at radius 2 is 1.81 bits per heavy atom. The molecule has 0 heterocycles. The van der Waals surface area contributed by atoms with Crippen molar-refractivity contribution < 1.29 is 14.6 Å². The molecule has 1 amide bonds. The minimum Gasteiger partial charge on any atom is -0.484 e. The lowest BCUT2D eigenvalue weighted by Crippen LogP contribution is -2.34. The van der Waals surface area contributed by atoms with Crippen molar-refractivity contribution in [3.05, 3.63) is 65.7 Å². The summed E-state index contributed by atoms with van der Waals surface area (Å²) in [6.45, 7) is 1.76. The van der Waals surface area contributed by atoms with Crippen LogP contribution in [0.2, 0.25) is 0 Å². The van der Waals surface area contributed by atoms with Crippen LogP contribution in [0, 0.1) is 6.92 Å². The average Bonchev–Trinajstić information content (AvgIpc) is 2.53. The van der Waals surface area contributed by atoms with Gasteiger partial charge in [0.2, 0.25) is 0 Å². The van der Waals surface area contributed by atoms with Crippen LogP contribution in [0.15, 0.2) is 54.6 Å². The van der Waals surface area contributed by atoms with Crippen molar-refractivity contribution in [1.29, 1.82) is 0 Å². The van der Waals surface area contributed by atoms with Crippen LogP contribution in [0.3, 0.4) is 0 Å². The van der Waals surface area contributed by atoms with Gasteiger partial charge < -0.3 is 15.2 Å². The summed E-state index contributed by atoms with van der Waals surface area (Å²) >= 11 is 0. The number of aryl methyl sites for hydroxylation is 1. The Balaban J connectivity index is 1.87. The van der Waals surface area contributed by atoms with Crippen molar-refractivity contribution in [1.82, 2.24) is 5.32 Å². The molecule has 21 heavy (non-hydrogen) atoms. The smallest absolute Gasteiger partial charge is 0.258 e. The number of carbonyl (C=O) groups excluding carboxylic acids is 1. The van der Waals surface area contributed by atoms with Crippen molar-refractivity contribution >= 4 is 5.91 Å². The van der Waals surface area contributed by atoms with Crippen LogP contribution >= 0.6 is 0 Å². The first kappa shape index (κ1) is 15.1. The fourth-order valence-corrected chi connectivity index (χ4v) is 1.94. The quantitative estimate of drug-likeness (QED) is 0.855. The minimum atomic E-state index is -0.416. The zero-order chi connectivity index (χ0) is 15.1. The second-order valence-electron chi connectivity index (χ2n) is 4.82. The first-order valence-corrected chi connectivity index (χ1v) is 6.83. The van der Waals surface area contributed by atoms with E-state index in [9.17, 15) is 9.90 Å². The van der Waals surface area contributed by atoms with Gasteiger partial charge in [0.25, 0.3) is 5.91 Å². The molecule has 0 spiro atoms. The molecule has 0 bridgehead atoms. The molecule has 0 aromatic heterocycles. The fourth-order valence-electron chi connectivity index (χ4n) is 1.94. The standard InChI is InChI=1S/C17H19NO3/c1-13-7-9-15(10-8-13)21-12-17(20)18-16(11-19)14-5-3-2-4-6-14/h2-10,16,19H,11-12H2,1H3,(H,18,20)/t16-/m1/s1. The van der Waals surface area contributed by atoms with Crippen LogP contribution in [-0.4, -0.2) is 24.2 Å². The molecule has 0 saturated heterocycles. The molecular formula is C17H19NO3. The number of nitrogens with one attached hydrogen (secondary N) is 1. The van der Waals surface area contributed by atoms with Crippen LogP contribution < -0.4 is 10.1 Å². The third-order valence-electron chi connectivity index (χ3n) is 3.11. The van der Waals surface area contributed by atoms with E-state index in [1.54, 1.807) is 0 Å². The molecule has 1 atom stereocenters. The van der Waals surface area contributed by atoms with Crippen molar-refractivity contribution in [3.63, 3.8) is 0 Å². The Bertz CT molecular complexity index is 566. The highest BCUT2D eigenvalue weighted by molar-refractivity contribution is 5.78. The summed E-state index contributed by atoms with van der Waals surface area (Å²) in [5.74, 6) is 0.384. The van der Waals surface area contributed by atoms with E-state index in [0.29, 0.717) is 5.75 Å². The minimum absolute atomic E-state index is 0.0770. The van der Waals surface area contributed by atoms with Gasteiger partial charge in [0, 0.05) is 0 Å². The number of rotatable bonds is 6. The molecule has 0 saturated carbocycles. The highest BCUT2D eigenvalue weighted by atomic mass is 16.5. The third kappa shape index (κ3) is 4.61. The van der Waals surface area contributed by atoms with Crippen LogP contribution in [0.5, 0.6) is 5.75 Å². The molecule has 2 aromatic carbocycles. The highest BCUT2D eigenvalue weighted by Gasteiger charge is 2.13. The van der Waals surface area contributed by atoms with E-state index in [-0.39, 0.29) is 19.1 Å². The van der Waals surface area contributed by atoms with Gasteiger partial charge in [-0.05, 0) is 24.6 Å². The summed E-state index contributed by atoms with van der Waals surface area (Å²) in [7, 11) is 0. The Morgan fingerprint density at radius 1 is 1.14 bits per heavy atom. The number of aliphatic hydroxyl groups is 1. The zero-order valence-electron chi connectivity index (χ0n) is 12.0. The van der Waals surface area contributed by atoms with E-state index in [0.717, 1.165) is 11.1 Å². The second-order valence-corrected chi connectivity index (χ2v) is 4.82. The van der Waals surface area contributed by atoms with Gasteiger partial charge >= 0.3 is 0 Å². The molecule has 0 aliphatic heterocycles. The highest BCUT2D eigenvalue weighted by Crippen LogP contribution is 2.13. The normalized spacial score (nSPS) is 11.7. The molecule has 2 N–H and O–H groups in total. The fraction of sp³-hybridized carbons (Fsp3) is 0.235. The lowest BCUT2D eigenvalue weighted by Gasteiger charge is -2.17. The van der Waals surface area contributed by atoms with E-state index in [1.165, 1.54) is 0 Å². The number of carbonyl (C=O) groups is 1. The van der Waals surface area contributed by atoms with E-state index < -0.39 is 6.04 Å². The average molecular weight is 285 g/mol. The summed E-state index contributed by atoms with van der Waals surface area (Å²) in [6.07, 6.45) is 0. The molecule has 4 heteroatoms. The topological polar surface area (TPSA) is 58.6 Å². The van der Waals surface area contributed by atoms with Crippen molar-refractivity contribution in [3.8, 4) is 5.75 Å². The van der Waals surface area contributed by atoms with Gasteiger partial charge in [-0.15, -0.1) is 0 Å². The van der Waals surface area contributed by atoms with Crippen molar-refractivity contribution in [2.75, 3.05) is 13.2 Å². The second kappa shape index (κ2) is 7.45. The number of ether oxygens (including phenoxy) is 1. The molecule has 0 unspecified atom stereocenters. The molecule has 0 aliphatic carbocycles. The lowest BCUT2D eigenvalue weighted by molar-refractivity contribution is -0.124. The van der Waals surface area contributed by atoms with Crippen molar-refractivity contribution in [2.45, 2.75) is 13.0 Å². The van der Waals surface area contributed by atoms with E-state index in [1.807, 2.05) is 61.5 Å². The molecule has 0 radical (unpaired) electrons. The Morgan fingerprint density at radius 3 is 2.43 bits per heavy atom. The van der Waals surface area contributed by atoms with Gasteiger partial charge in [0.1, 0.15) is 5.75 Å². The molecule has 2 aromatic rings. The van der Waals surface area contributed by atoms with Crippen LogP contribution in [-0.2, 0) is 4.79 Å². The van der Waals surface area contributed by atoms with Gasteiger partial charge in [0.05, 0.1) is 12.6 Å². The molecule has 110 valence electrons. The zero-order valence-corrected chi connectivity index (χ0v) is 12.0. The Kier molecular flexibility index (Phi) is 5.35. The summed E-state index contributed by atoms with van der Waals surface area (Å²) in [4.78, 5) is 11.9. The van der Waals surface area contributed by atoms with Gasteiger partial charge in [-0.1, -0.05) is 48.0 Å². The first-order chi connectivity index (χ1) is 10.2. The third-order valence-corrected chi connectivity index (χ3v) is 3.11. The summed E-state index contributed by atoms with van der Waals surface area (Å²) in [5.41, 5.74) is 2.00. The first-order valence-electron chi connectivity index (χ1n) is 6.83. The van der Waals surface area contributed by atoms with Crippen LogP contribution in [0.4, 0.5) is 0 Å². The maximum absolute atomic E-state index is 11.9. The number of amides is 1. The van der Waals surface area contributed by atoms with E-state index in [2.05, 4.69) is 5.32 Å². The van der Waals surface area contributed by atoms with Gasteiger partial charge in [0.15, 0.2) is 6.61 Å². The van der Waals surface area contributed by atoms with E-state index >= 15 is 0 Å².